The van der Waals surface area contributed by atoms with E-state index in [0.29, 0.717) is 31.3 Å². The fraction of sp³-hybridized carbons (Fsp3) is 0.455. The maximum Gasteiger partial charge on any atom is 0.410 e. The van der Waals surface area contributed by atoms with Gasteiger partial charge in [-0.05, 0) is 70.6 Å². The van der Waals surface area contributed by atoms with Gasteiger partial charge in [-0.1, -0.05) is 48.2 Å². The van der Waals surface area contributed by atoms with Gasteiger partial charge in [-0.15, -0.1) is 0 Å². The van der Waals surface area contributed by atoms with E-state index >= 15 is 0 Å². The summed E-state index contributed by atoms with van der Waals surface area (Å²) in [4.78, 5) is 45.9. The highest BCUT2D eigenvalue weighted by Crippen LogP contribution is 2.30. The van der Waals surface area contributed by atoms with E-state index in [-0.39, 0.29) is 18.5 Å². The lowest BCUT2D eigenvalue weighted by Gasteiger charge is -2.35. The molecule has 43 heavy (non-hydrogen) atoms. The zero-order valence-corrected chi connectivity index (χ0v) is 27.3. The number of amides is 2. The van der Waals surface area contributed by atoms with Crippen LogP contribution in [0, 0.1) is 6.92 Å². The second kappa shape index (κ2) is 15.7. The third-order valence-corrected chi connectivity index (χ3v) is 7.72. The number of aryl methyl sites for hydroxylation is 1. The molecular formula is C33H45N5O4S. The first kappa shape index (κ1) is 33.9. The number of hydrogen-bond acceptors (Lipinski definition) is 8. The Labute approximate surface area is 260 Å². The smallest absolute Gasteiger partial charge is 0.410 e. The number of anilines is 1. The van der Waals surface area contributed by atoms with Crippen molar-refractivity contribution in [3.8, 4) is 0 Å². The van der Waals surface area contributed by atoms with Crippen LogP contribution in [-0.2, 0) is 16.0 Å². The number of allylic oxidation sites excluding steroid dienone is 1. The minimum Gasteiger partial charge on any atom is -0.444 e. The first-order valence-electron chi connectivity index (χ1n) is 14.6. The van der Waals surface area contributed by atoms with Crippen molar-refractivity contribution in [2.75, 3.05) is 57.5 Å². The van der Waals surface area contributed by atoms with E-state index in [0.717, 1.165) is 41.6 Å². The summed E-state index contributed by atoms with van der Waals surface area (Å²) in [6.45, 7) is 13.1. The van der Waals surface area contributed by atoms with Gasteiger partial charge in [-0.2, -0.15) is 0 Å². The zero-order chi connectivity index (χ0) is 31.6. The molecule has 2 heterocycles. The van der Waals surface area contributed by atoms with Crippen molar-refractivity contribution >= 4 is 46.6 Å². The van der Waals surface area contributed by atoms with E-state index < -0.39 is 5.60 Å². The lowest BCUT2D eigenvalue weighted by Crippen LogP contribution is -2.52. The fourth-order valence-corrected chi connectivity index (χ4v) is 5.16. The molecule has 1 saturated heterocycles. The molecule has 1 fully saturated rings. The topological polar surface area (TPSA) is 94.6 Å². The van der Waals surface area contributed by atoms with E-state index in [1.54, 1.807) is 4.90 Å². The van der Waals surface area contributed by atoms with Gasteiger partial charge < -0.3 is 19.9 Å². The van der Waals surface area contributed by atoms with Crippen LogP contribution >= 0.6 is 11.8 Å². The number of aldehydes is 1. The largest absolute Gasteiger partial charge is 0.444 e. The maximum atomic E-state index is 12.7. The molecule has 4 rings (SSSR count). The van der Waals surface area contributed by atoms with Gasteiger partial charge in [0.2, 0.25) is 5.91 Å². The highest BCUT2D eigenvalue weighted by Gasteiger charge is 2.26. The number of rotatable bonds is 5. The Morgan fingerprint density at radius 2 is 1.77 bits per heavy atom. The van der Waals surface area contributed by atoms with Crippen molar-refractivity contribution in [1.82, 2.24) is 15.1 Å². The first-order chi connectivity index (χ1) is 20.4. The number of piperazine rings is 1. The number of thioether (sulfide) groups is 1. The maximum absolute atomic E-state index is 12.7. The predicted molar refractivity (Wildman–Crippen MR) is 177 cm³/mol. The van der Waals surface area contributed by atoms with Crippen molar-refractivity contribution in [1.29, 1.82) is 0 Å². The standard InChI is InChI=1S/C25H37N5O3S.C8H8O/c1-7-20(18-8-9-21-19(16-18)10-11-28(21)5)26-23(34-6)27-22(31)17-29-12-14-30(15-13-29)24(32)33-25(2,3)4;1-7-4-2-3-5-8(7)6-9/h7-9,16H,10-15,17H2,1-6H3,(H,26,27,31);2-6H,1H3/b20-7+;. The van der Waals surface area contributed by atoms with Crippen LogP contribution in [0.1, 0.15) is 54.7 Å². The number of nitrogens with one attached hydrogen (secondary N) is 1. The summed E-state index contributed by atoms with van der Waals surface area (Å²) >= 11 is 1.42. The summed E-state index contributed by atoms with van der Waals surface area (Å²) in [6, 6.07) is 13.9. The molecule has 0 saturated carbocycles. The van der Waals surface area contributed by atoms with Crippen LogP contribution in [0.2, 0.25) is 0 Å². The number of fused-ring (bicyclic) bond motifs is 1. The number of nitrogens with zero attached hydrogens (tertiary/aromatic N) is 4. The summed E-state index contributed by atoms with van der Waals surface area (Å²) in [6.07, 6.45) is 5.48. The highest BCUT2D eigenvalue weighted by molar-refractivity contribution is 8.13. The third kappa shape index (κ3) is 10.2. The van der Waals surface area contributed by atoms with E-state index in [9.17, 15) is 14.4 Å². The number of ether oxygens (including phenoxy) is 1. The summed E-state index contributed by atoms with van der Waals surface area (Å²) in [5, 5.41) is 3.52. The van der Waals surface area contributed by atoms with E-state index in [2.05, 4.69) is 35.5 Å². The number of carbonyl (C=O) groups is 3. The average Bonchev–Trinajstić information content (AvgIpc) is 3.35. The molecule has 10 heteroatoms. The van der Waals surface area contributed by atoms with Gasteiger partial charge in [0.15, 0.2) is 5.17 Å². The predicted octanol–water partition coefficient (Wildman–Crippen LogP) is 5.24. The van der Waals surface area contributed by atoms with Crippen molar-refractivity contribution in [2.24, 2.45) is 4.99 Å². The number of benzene rings is 2. The lowest BCUT2D eigenvalue weighted by molar-refractivity contribution is -0.121. The number of aliphatic imine (C=N–C) groups is 1. The molecule has 0 aliphatic carbocycles. The Morgan fingerprint density at radius 3 is 2.35 bits per heavy atom. The van der Waals surface area contributed by atoms with Gasteiger partial charge in [0.1, 0.15) is 11.9 Å². The molecule has 232 valence electrons. The van der Waals surface area contributed by atoms with Gasteiger partial charge >= 0.3 is 6.09 Å². The van der Waals surface area contributed by atoms with Crippen LogP contribution in [0.5, 0.6) is 0 Å². The minimum atomic E-state index is -0.510. The molecule has 0 unspecified atom stereocenters. The van der Waals surface area contributed by atoms with Gasteiger partial charge in [0.25, 0.3) is 0 Å². The molecule has 2 aliphatic rings. The second-order valence-corrected chi connectivity index (χ2v) is 12.4. The molecule has 0 spiro atoms. The molecular weight excluding hydrogens is 562 g/mol. The zero-order valence-electron chi connectivity index (χ0n) is 26.5. The Bertz CT molecular complexity index is 1340. The van der Waals surface area contributed by atoms with Crippen molar-refractivity contribution in [3.05, 3.63) is 70.8 Å². The van der Waals surface area contributed by atoms with Crippen LogP contribution in [0.15, 0.2) is 53.5 Å². The molecule has 0 aromatic heterocycles. The van der Waals surface area contributed by atoms with E-state index in [4.69, 9.17) is 9.73 Å². The summed E-state index contributed by atoms with van der Waals surface area (Å²) in [5.74, 6) is -0.107. The molecule has 2 amide bonds. The molecule has 0 atom stereocenters. The van der Waals surface area contributed by atoms with Crippen molar-refractivity contribution in [2.45, 2.75) is 46.6 Å². The number of amidine groups is 1. The second-order valence-electron chi connectivity index (χ2n) is 11.6. The summed E-state index contributed by atoms with van der Waals surface area (Å²) in [7, 11) is 2.11. The normalized spacial score (nSPS) is 15.8. The van der Waals surface area contributed by atoms with E-state index in [1.807, 2.05) is 76.1 Å². The highest BCUT2D eigenvalue weighted by atomic mass is 32.2. The van der Waals surface area contributed by atoms with Crippen LogP contribution in [0.3, 0.4) is 0 Å². The van der Waals surface area contributed by atoms with Crippen LogP contribution in [0.25, 0.3) is 5.70 Å². The SMILES string of the molecule is C/C=C(/N=C(NC(=O)CN1CCN(C(=O)OC(C)(C)C)CC1)SC)c1ccc2c(c1)CCN2C.Cc1ccccc1C=O. The fourth-order valence-electron chi connectivity index (χ4n) is 4.75. The number of carbonyl (C=O) groups excluding carboxylic acids is 3. The van der Waals surface area contributed by atoms with Gasteiger partial charge in [0.05, 0.1) is 12.2 Å². The van der Waals surface area contributed by atoms with Crippen LogP contribution in [0.4, 0.5) is 10.5 Å². The molecule has 2 aromatic carbocycles. The quantitative estimate of drug-likeness (QED) is 0.282. The Kier molecular flexibility index (Phi) is 12.4. The number of hydrogen-bond donors (Lipinski definition) is 1. The van der Waals surface area contributed by atoms with Crippen LogP contribution in [-0.4, -0.2) is 91.4 Å². The molecule has 2 aliphatic heterocycles. The first-order valence-corrected chi connectivity index (χ1v) is 15.8. The minimum absolute atomic E-state index is 0.107. The Balaban J connectivity index is 0.000000480. The monoisotopic (exact) mass is 607 g/mol. The average molecular weight is 608 g/mol. The lowest BCUT2D eigenvalue weighted by atomic mass is 10.1. The Hall–Kier alpha value is -3.63. The van der Waals surface area contributed by atoms with E-state index in [1.165, 1.54) is 23.0 Å². The van der Waals surface area contributed by atoms with Crippen LogP contribution < -0.4 is 10.2 Å². The third-order valence-electron chi connectivity index (χ3n) is 7.14. The molecule has 0 bridgehead atoms. The molecule has 2 aromatic rings. The Morgan fingerprint density at radius 1 is 1.07 bits per heavy atom. The van der Waals surface area contributed by atoms with Crippen molar-refractivity contribution in [3.63, 3.8) is 0 Å². The number of likely N-dealkylation sites (N-methyl/N-ethyl adjacent to an activating group) is 1. The molecule has 9 nitrogen and oxygen atoms in total. The summed E-state index contributed by atoms with van der Waals surface area (Å²) < 4.78 is 5.44. The van der Waals surface area contributed by atoms with Gasteiger partial charge in [-0.3, -0.25) is 14.5 Å². The summed E-state index contributed by atoms with van der Waals surface area (Å²) in [5.41, 5.74) is 5.79. The molecule has 0 radical (unpaired) electrons. The van der Waals surface area contributed by atoms with Gasteiger partial charge in [0, 0.05) is 56.6 Å². The van der Waals surface area contributed by atoms with Crippen molar-refractivity contribution < 1.29 is 19.1 Å². The van der Waals surface area contributed by atoms with Gasteiger partial charge in [-0.25, -0.2) is 9.79 Å². The molecule has 1 N–H and O–H groups in total.